The fourth-order valence-corrected chi connectivity index (χ4v) is 1.37. The van der Waals surface area contributed by atoms with Gasteiger partial charge in [0.15, 0.2) is 0 Å². The quantitative estimate of drug-likeness (QED) is 0.622. The van der Waals surface area contributed by atoms with E-state index in [4.69, 9.17) is 10.8 Å². The second-order valence-corrected chi connectivity index (χ2v) is 3.51. The molecule has 2 amide bonds. The number of nitrogens with two attached hydrogens (primary N) is 1. The molecule has 17 heavy (non-hydrogen) atoms. The maximum atomic E-state index is 10.8. The number of carbonyl (C=O) groups is 2. The average Bonchev–Trinajstić information content (AvgIpc) is 2.25. The number of nitrogens with one attached hydrogen (secondary N) is 2. The molecule has 6 nitrogen and oxygen atoms in total. The predicted molar refractivity (Wildman–Crippen MR) is 65.0 cm³/mol. The van der Waals surface area contributed by atoms with Crippen molar-refractivity contribution >= 4 is 23.4 Å². The van der Waals surface area contributed by atoms with E-state index < -0.39 is 18.0 Å². The largest absolute Gasteiger partial charge is 0.480 e. The molecular weight excluding hydrogens is 222 g/mol. The van der Waals surface area contributed by atoms with Crippen molar-refractivity contribution in [3.63, 3.8) is 0 Å². The Balaban J connectivity index is 2.77. The Hall–Kier alpha value is -2.24. The van der Waals surface area contributed by atoms with E-state index in [1.54, 1.807) is 31.2 Å². The molecule has 0 radical (unpaired) electrons. The first-order chi connectivity index (χ1) is 8.02. The third kappa shape index (κ3) is 4.02. The highest BCUT2D eigenvalue weighted by atomic mass is 16.4. The lowest BCUT2D eigenvalue weighted by atomic mass is 10.2. The second-order valence-electron chi connectivity index (χ2n) is 3.51. The molecule has 1 atom stereocenters. The molecule has 5 N–H and O–H groups in total. The molecule has 0 heterocycles. The zero-order chi connectivity index (χ0) is 12.8. The lowest BCUT2D eigenvalue weighted by Gasteiger charge is -2.14. The lowest BCUT2D eigenvalue weighted by molar-refractivity contribution is -0.137. The third-order valence-electron chi connectivity index (χ3n) is 2.18. The van der Waals surface area contributed by atoms with E-state index in [2.05, 4.69) is 10.6 Å². The SMILES string of the molecule is CCC(Nc1cccc(NC(N)=O)c1)C(=O)O. The summed E-state index contributed by atoms with van der Waals surface area (Å²) in [7, 11) is 0. The summed E-state index contributed by atoms with van der Waals surface area (Å²) < 4.78 is 0. The molecule has 0 aliphatic rings. The van der Waals surface area contributed by atoms with Gasteiger partial charge in [-0.1, -0.05) is 13.0 Å². The van der Waals surface area contributed by atoms with Crippen molar-refractivity contribution < 1.29 is 14.7 Å². The molecule has 0 fully saturated rings. The van der Waals surface area contributed by atoms with E-state index in [0.29, 0.717) is 17.8 Å². The van der Waals surface area contributed by atoms with Crippen molar-refractivity contribution in [3.05, 3.63) is 24.3 Å². The van der Waals surface area contributed by atoms with Gasteiger partial charge in [0.1, 0.15) is 6.04 Å². The van der Waals surface area contributed by atoms with Gasteiger partial charge in [0.05, 0.1) is 0 Å². The molecule has 0 aliphatic heterocycles. The van der Waals surface area contributed by atoms with E-state index in [9.17, 15) is 9.59 Å². The van der Waals surface area contributed by atoms with Crippen LogP contribution in [0, 0.1) is 0 Å². The topological polar surface area (TPSA) is 104 Å². The molecule has 0 bridgehead atoms. The smallest absolute Gasteiger partial charge is 0.326 e. The zero-order valence-corrected chi connectivity index (χ0v) is 9.43. The number of rotatable bonds is 5. The molecule has 0 aliphatic carbocycles. The number of carboxylic acids is 1. The minimum atomic E-state index is -0.916. The van der Waals surface area contributed by atoms with Gasteiger partial charge in [-0.15, -0.1) is 0 Å². The Bertz CT molecular complexity index is 420. The Labute approximate surface area is 98.8 Å². The van der Waals surface area contributed by atoms with Crippen LogP contribution in [0.5, 0.6) is 0 Å². The molecular formula is C11H15N3O3. The zero-order valence-electron chi connectivity index (χ0n) is 9.43. The first-order valence-electron chi connectivity index (χ1n) is 5.18. The Morgan fingerprint density at radius 3 is 2.59 bits per heavy atom. The number of hydrogen-bond acceptors (Lipinski definition) is 3. The fraction of sp³-hybridized carbons (Fsp3) is 0.273. The minimum absolute atomic E-state index is 0.461. The van der Waals surface area contributed by atoms with E-state index >= 15 is 0 Å². The maximum Gasteiger partial charge on any atom is 0.326 e. The number of aliphatic carboxylic acids is 1. The first-order valence-corrected chi connectivity index (χ1v) is 5.18. The van der Waals surface area contributed by atoms with E-state index in [1.165, 1.54) is 0 Å². The fourth-order valence-electron chi connectivity index (χ4n) is 1.37. The van der Waals surface area contributed by atoms with E-state index in [1.807, 2.05) is 0 Å². The molecule has 1 aromatic rings. The molecule has 6 heteroatoms. The molecule has 0 saturated carbocycles. The van der Waals surface area contributed by atoms with Crippen LogP contribution in [-0.2, 0) is 4.79 Å². The molecule has 1 unspecified atom stereocenters. The van der Waals surface area contributed by atoms with Crippen LogP contribution < -0.4 is 16.4 Å². The van der Waals surface area contributed by atoms with Crippen LogP contribution in [-0.4, -0.2) is 23.1 Å². The van der Waals surface area contributed by atoms with Crippen molar-refractivity contribution in [2.24, 2.45) is 5.73 Å². The van der Waals surface area contributed by atoms with Crippen LogP contribution in [0.4, 0.5) is 16.2 Å². The number of urea groups is 1. The highest BCUT2D eigenvalue weighted by Gasteiger charge is 2.14. The van der Waals surface area contributed by atoms with Crippen molar-refractivity contribution in [3.8, 4) is 0 Å². The van der Waals surface area contributed by atoms with Crippen molar-refractivity contribution in [1.29, 1.82) is 0 Å². The highest BCUT2D eigenvalue weighted by molar-refractivity contribution is 5.88. The van der Waals surface area contributed by atoms with E-state index in [-0.39, 0.29) is 0 Å². The standard InChI is InChI=1S/C11H15N3O3/c1-2-9(10(15)16)13-7-4-3-5-8(6-7)14-11(12)17/h3-6,9,13H,2H2,1H3,(H,15,16)(H3,12,14,17). The Morgan fingerprint density at radius 2 is 2.06 bits per heavy atom. The maximum absolute atomic E-state index is 10.8. The van der Waals surface area contributed by atoms with Crippen LogP contribution in [0.3, 0.4) is 0 Å². The van der Waals surface area contributed by atoms with Crippen LogP contribution in [0.1, 0.15) is 13.3 Å². The summed E-state index contributed by atoms with van der Waals surface area (Å²) in [6.07, 6.45) is 0.461. The van der Waals surface area contributed by atoms with Crippen LogP contribution >= 0.6 is 0 Å². The van der Waals surface area contributed by atoms with E-state index in [0.717, 1.165) is 0 Å². The summed E-state index contributed by atoms with van der Waals surface area (Å²) in [4.78, 5) is 21.5. The Morgan fingerprint density at radius 1 is 1.41 bits per heavy atom. The molecule has 92 valence electrons. The van der Waals surface area contributed by atoms with Crippen molar-refractivity contribution in [2.75, 3.05) is 10.6 Å². The Kier molecular flexibility index (Phi) is 4.33. The number of anilines is 2. The number of primary amides is 1. The molecule has 0 spiro atoms. The van der Waals surface area contributed by atoms with Gasteiger partial charge in [0.25, 0.3) is 0 Å². The predicted octanol–water partition coefficient (Wildman–Crippen LogP) is 1.45. The summed E-state index contributed by atoms with van der Waals surface area (Å²) in [5, 5.41) is 14.2. The summed E-state index contributed by atoms with van der Waals surface area (Å²) in [5.41, 5.74) is 6.12. The minimum Gasteiger partial charge on any atom is -0.480 e. The summed E-state index contributed by atoms with van der Waals surface area (Å²) in [6, 6.07) is 5.39. The van der Waals surface area contributed by atoms with Gasteiger partial charge in [0, 0.05) is 11.4 Å². The highest BCUT2D eigenvalue weighted by Crippen LogP contribution is 2.16. The van der Waals surface area contributed by atoms with Gasteiger partial charge in [-0.2, -0.15) is 0 Å². The number of hydrogen-bond donors (Lipinski definition) is 4. The number of amides is 2. The molecule has 0 aromatic heterocycles. The van der Waals surface area contributed by atoms with Crippen LogP contribution in [0.25, 0.3) is 0 Å². The second kappa shape index (κ2) is 5.74. The lowest BCUT2D eigenvalue weighted by Crippen LogP contribution is -2.28. The third-order valence-corrected chi connectivity index (χ3v) is 2.18. The molecule has 1 rings (SSSR count). The summed E-state index contributed by atoms with van der Waals surface area (Å²) in [5.74, 6) is -0.916. The monoisotopic (exact) mass is 237 g/mol. The first kappa shape index (κ1) is 12.8. The summed E-state index contributed by atoms with van der Waals surface area (Å²) in [6.45, 7) is 1.78. The van der Waals surface area contributed by atoms with Gasteiger partial charge in [0.2, 0.25) is 0 Å². The summed E-state index contributed by atoms with van der Waals surface area (Å²) >= 11 is 0. The average molecular weight is 237 g/mol. The number of carboxylic acid groups (broad SMARTS) is 1. The van der Waals surface area contributed by atoms with Gasteiger partial charge in [-0.3, -0.25) is 0 Å². The van der Waals surface area contributed by atoms with Gasteiger partial charge in [-0.05, 0) is 24.6 Å². The molecule has 1 aromatic carbocycles. The van der Waals surface area contributed by atoms with Crippen molar-refractivity contribution in [1.82, 2.24) is 0 Å². The molecule has 0 saturated heterocycles. The van der Waals surface area contributed by atoms with Gasteiger partial charge < -0.3 is 21.5 Å². The van der Waals surface area contributed by atoms with Crippen LogP contribution in [0.15, 0.2) is 24.3 Å². The van der Waals surface area contributed by atoms with Crippen molar-refractivity contribution in [2.45, 2.75) is 19.4 Å². The number of benzene rings is 1. The van der Waals surface area contributed by atoms with Gasteiger partial charge in [-0.25, -0.2) is 9.59 Å². The number of carbonyl (C=O) groups excluding carboxylic acids is 1. The normalized spacial score (nSPS) is 11.6. The van der Waals surface area contributed by atoms with Gasteiger partial charge >= 0.3 is 12.0 Å². The van der Waals surface area contributed by atoms with Crippen LogP contribution in [0.2, 0.25) is 0 Å².